The van der Waals surface area contributed by atoms with Crippen molar-refractivity contribution in [2.45, 2.75) is 0 Å². The molecule has 0 aliphatic heterocycles. The van der Waals surface area contributed by atoms with E-state index >= 15 is 0 Å². The molecule has 2 N–H and O–H groups in total. The molecule has 0 saturated heterocycles. The summed E-state index contributed by atoms with van der Waals surface area (Å²) in [6.45, 7) is 0. The van der Waals surface area contributed by atoms with Crippen LogP contribution >= 0.6 is 11.9 Å². The molecule has 0 heterocycles. The van der Waals surface area contributed by atoms with Crippen molar-refractivity contribution in [3.05, 3.63) is 0 Å². The van der Waals surface area contributed by atoms with Gasteiger partial charge in [0.15, 0.2) is 0 Å². The first-order chi connectivity index (χ1) is 2.41. The van der Waals surface area contributed by atoms with Gasteiger partial charge in [-0.25, -0.2) is 0 Å². The summed E-state index contributed by atoms with van der Waals surface area (Å²) >= 11 is 4.03. The van der Waals surface area contributed by atoms with Crippen LogP contribution in [0.5, 0.6) is 0 Å². The average molecular weight is 154 g/mol. The van der Waals surface area contributed by atoms with Crippen LogP contribution in [0, 0.1) is 0 Å². The molecule has 0 aromatic heterocycles. The van der Waals surface area contributed by atoms with E-state index in [0.717, 1.165) is 5.75 Å². The van der Waals surface area contributed by atoms with Gasteiger partial charge in [0.1, 0.15) is 0 Å². The zero-order valence-electron chi connectivity index (χ0n) is 2.68. The monoisotopic (exact) mass is 155 g/mol. The van der Waals surface area contributed by atoms with Gasteiger partial charge in [-0.1, -0.05) is 0 Å². The molecule has 0 aromatic carbocycles. The van der Waals surface area contributed by atoms with Gasteiger partial charge in [-0.2, -0.15) is 0 Å². The van der Waals surface area contributed by atoms with Gasteiger partial charge >= 0.3 is 43.3 Å². The Hall–Kier alpha value is 0.699. The van der Waals surface area contributed by atoms with E-state index in [0.29, 0.717) is 0 Å². The van der Waals surface area contributed by atoms with Crippen LogP contribution in [-0.4, -0.2) is 26.2 Å². The Balaban J connectivity index is 2.40. The fourth-order valence-electron chi connectivity index (χ4n) is 0.0393. The molecule has 0 aromatic rings. The number of rotatable bonds is 2. The van der Waals surface area contributed by atoms with Crippen molar-refractivity contribution in [2.24, 2.45) is 5.14 Å². The molecule has 0 saturated carbocycles. The quantitative estimate of drug-likeness (QED) is 0.431. The van der Waals surface area contributed by atoms with Crippen molar-refractivity contribution in [3.8, 4) is 0 Å². The second-order valence-electron chi connectivity index (χ2n) is 0.500. The van der Waals surface area contributed by atoms with Crippen molar-refractivity contribution in [3.63, 3.8) is 0 Å². The standard InChI is InChI=1S/C2H5NSSe/c3-4-1-2-5/h2H,1,3H2. The first-order valence-electron chi connectivity index (χ1n) is 1.17. The predicted octanol–water partition coefficient (Wildman–Crippen LogP) is -0.436. The van der Waals surface area contributed by atoms with E-state index in [4.69, 9.17) is 5.14 Å². The van der Waals surface area contributed by atoms with Crippen molar-refractivity contribution < 1.29 is 0 Å². The summed E-state index contributed by atoms with van der Waals surface area (Å²) in [6.07, 6.45) is 0. The van der Waals surface area contributed by atoms with Gasteiger partial charge < -0.3 is 0 Å². The predicted molar refractivity (Wildman–Crippen MR) is 28.5 cm³/mol. The van der Waals surface area contributed by atoms with E-state index in [-0.39, 0.29) is 0 Å². The summed E-state index contributed by atoms with van der Waals surface area (Å²) in [7, 11) is 0. The van der Waals surface area contributed by atoms with Crippen LogP contribution in [0.25, 0.3) is 0 Å². The van der Waals surface area contributed by atoms with Gasteiger partial charge in [0.25, 0.3) is 0 Å². The van der Waals surface area contributed by atoms with E-state index in [9.17, 15) is 0 Å². The summed E-state index contributed by atoms with van der Waals surface area (Å²) < 4.78 is 0. The molecule has 0 radical (unpaired) electrons. The molecule has 0 amide bonds. The zero-order valence-corrected chi connectivity index (χ0v) is 5.21. The van der Waals surface area contributed by atoms with Crippen LogP contribution in [0.15, 0.2) is 0 Å². The SMILES string of the molecule is NSCC=[Se]. The topological polar surface area (TPSA) is 26.0 Å². The van der Waals surface area contributed by atoms with Gasteiger partial charge in [-0.3, -0.25) is 0 Å². The first kappa shape index (κ1) is 5.70. The Bertz CT molecular complexity index is 30.8. The maximum atomic E-state index is 5.00. The summed E-state index contributed by atoms with van der Waals surface area (Å²) in [5, 5.41) is 5.00. The van der Waals surface area contributed by atoms with Crippen molar-refractivity contribution in [1.82, 2.24) is 0 Å². The number of hydrogen-bond donors (Lipinski definition) is 1. The Morgan fingerprint density at radius 3 is 2.60 bits per heavy atom. The molecule has 5 heavy (non-hydrogen) atoms. The van der Waals surface area contributed by atoms with Gasteiger partial charge in [-0.15, -0.1) is 0 Å². The summed E-state index contributed by atoms with van der Waals surface area (Å²) in [5.41, 5.74) is 0. The van der Waals surface area contributed by atoms with Crippen LogP contribution in [-0.2, 0) is 0 Å². The van der Waals surface area contributed by atoms with E-state index in [1.54, 1.807) is 0 Å². The maximum absolute atomic E-state index is 5.00. The van der Waals surface area contributed by atoms with Crippen LogP contribution < -0.4 is 5.14 Å². The molecule has 0 aliphatic rings. The minimum absolute atomic E-state index is 0.903. The Labute approximate surface area is 43.8 Å². The third-order valence-electron chi connectivity index (χ3n) is 0.164. The molecule has 0 spiro atoms. The summed E-state index contributed by atoms with van der Waals surface area (Å²) in [6, 6.07) is 0. The number of hydrogen-bond acceptors (Lipinski definition) is 2. The van der Waals surface area contributed by atoms with E-state index < -0.39 is 0 Å². The van der Waals surface area contributed by atoms with Crippen LogP contribution in [0.3, 0.4) is 0 Å². The molecule has 0 fully saturated rings. The summed E-state index contributed by atoms with van der Waals surface area (Å²) in [4.78, 5) is 1.89. The molecule has 0 unspecified atom stereocenters. The van der Waals surface area contributed by atoms with Crippen LogP contribution in [0.1, 0.15) is 0 Å². The number of nitrogens with two attached hydrogens (primary N) is 1. The van der Waals surface area contributed by atoms with E-state index in [2.05, 4.69) is 15.6 Å². The molecule has 0 aliphatic carbocycles. The Morgan fingerprint density at radius 2 is 2.60 bits per heavy atom. The van der Waals surface area contributed by atoms with Crippen molar-refractivity contribution in [2.75, 3.05) is 5.75 Å². The van der Waals surface area contributed by atoms with Crippen molar-refractivity contribution in [1.29, 1.82) is 0 Å². The molecule has 1 nitrogen and oxygen atoms in total. The molecule has 0 atom stereocenters. The van der Waals surface area contributed by atoms with Gasteiger partial charge in [0, 0.05) is 0 Å². The molecular formula is C2H5NSSe. The third-order valence-corrected chi connectivity index (χ3v) is 1.35. The van der Waals surface area contributed by atoms with Crippen LogP contribution in [0.2, 0.25) is 0 Å². The fraction of sp³-hybridized carbons (Fsp3) is 0.500. The fourth-order valence-corrected chi connectivity index (χ4v) is 0.612. The molecule has 30 valence electrons. The van der Waals surface area contributed by atoms with E-state index in [1.165, 1.54) is 11.9 Å². The average Bonchev–Trinajstić information content (AvgIpc) is 1.41. The molecule has 0 bridgehead atoms. The molecular weight excluding hydrogens is 149 g/mol. The Morgan fingerprint density at radius 1 is 2.00 bits per heavy atom. The molecule has 0 rings (SSSR count). The second kappa shape index (κ2) is 4.70. The van der Waals surface area contributed by atoms with Crippen molar-refractivity contribution >= 4 is 32.4 Å². The zero-order chi connectivity index (χ0) is 4.12. The van der Waals surface area contributed by atoms with Gasteiger partial charge in [-0.05, 0) is 0 Å². The van der Waals surface area contributed by atoms with Gasteiger partial charge in [0.05, 0.1) is 0 Å². The van der Waals surface area contributed by atoms with E-state index in [1.807, 2.05) is 4.92 Å². The second-order valence-corrected chi connectivity index (χ2v) is 1.87. The van der Waals surface area contributed by atoms with Crippen LogP contribution in [0.4, 0.5) is 0 Å². The minimum atomic E-state index is 0.903. The first-order valence-corrected chi connectivity index (χ1v) is 3.21. The van der Waals surface area contributed by atoms with Gasteiger partial charge in [0.2, 0.25) is 0 Å². The normalized spacial score (nSPS) is 7.40. The molecule has 3 heteroatoms. The Kier molecular flexibility index (Phi) is 5.36. The third kappa shape index (κ3) is 4.70. The summed E-state index contributed by atoms with van der Waals surface area (Å²) in [5.74, 6) is 0.903.